The van der Waals surface area contributed by atoms with E-state index in [-0.39, 0.29) is 0 Å². The van der Waals surface area contributed by atoms with Crippen LogP contribution in [0.15, 0.2) is 0 Å². The Kier molecular flexibility index (Phi) is 2.66. The lowest BCUT2D eigenvalue weighted by molar-refractivity contribution is -0.147. The maximum Gasteiger partial charge on any atom is 0.326 e. The Bertz CT molecular complexity index is 177. The van der Waals surface area contributed by atoms with Crippen molar-refractivity contribution in [3.63, 3.8) is 0 Å². The Morgan fingerprint density at radius 2 is 2.33 bits per heavy atom. The molecule has 70 valence electrons. The fraction of sp³-hybridized carbons (Fsp3) is 0.857. The maximum atomic E-state index is 10.7. The molecule has 1 saturated heterocycles. The fourth-order valence-electron chi connectivity index (χ4n) is 1.07. The third kappa shape index (κ3) is 1.74. The molecule has 0 amide bonds. The van der Waals surface area contributed by atoms with Crippen LogP contribution in [0.2, 0.25) is 0 Å². The summed E-state index contributed by atoms with van der Waals surface area (Å²) in [7, 11) is 0. The van der Waals surface area contributed by atoms with Crippen molar-refractivity contribution < 1.29 is 15.0 Å². The second kappa shape index (κ2) is 3.38. The Balaban J connectivity index is 2.40. The highest BCUT2D eigenvalue weighted by Gasteiger charge is 2.44. The van der Waals surface area contributed by atoms with Gasteiger partial charge in [0.2, 0.25) is 0 Å². The van der Waals surface area contributed by atoms with E-state index in [1.165, 1.54) is 0 Å². The predicted molar refractivity (Wildman–Crippen MR) is 42.9 cm³/mol. The maximum absolute atomic E-state index is 10.7. The number of carboxylic acids is 1. The molecular formula is C7H14N2O3. The third-order valence-corrected chi connectivity index (χ3v) is 2.00. The normalized spacial score (nSPS) is 22.8. The van der Waals surface area contributed by atoms with E-state index in [1.54, 1.807) is 6.92 Å². The molecule has 4 N–H and O–H groups in total. The summed E-state index contributed by atoms with van der Waals surface area (Å²) in [6, 6.07) is 0. The largest absolute Gasteiger partial charge is 0.480 e. The van der Waals surface area contributed by atoms with Crippen LogP contribution in [0.4, 0.5) is 0 Å². The van der Waals surface area contributed by atoms with Crippen molar-refractivity contribution in [3.8, 4) is 0 Å². The number of nitrogens with one attached hydrogen (secondary N) is 2. The zero-order chi connectivity index (χ0) is 9.19. The summed E-state index contributed by atoms with van der Waals surface area (Å²) in [5.74, 6) is -0.859. The van der Waals surface area contributed by atoms with Crippen LogP contribution in [0.25, 0.3) is 0 Å². The molecule has 0 saturated carbocycles. The van der Waals surface area contributed by atoms with E-state index in [0.717, 1.165) is 0 Å². The minimum absolute atomic E-state index is 0.313. The van der Waals surface area contributed by atoms with Gasteiger partial charge in [-0.15, -0.1) is 0 Å². The number of hydrogen-bond donors (Lipinski definition) is 4. The number of aliphatic hydroxyl groups excluding tert-OH is 1. The van der Waals surface area contributed by atoms with Crippen molar-refractivity contribution in [2.45, 2.75) is 18.6 Å². The fourth-order valence-corrected chi connectivity index (χ4v) is 1.07. The van der Waals surface area contributed by atoms with Crippen LogP contribution in [0.3, 0.4) is 0 Å². The van der Waals surface area contributed by atoms with Gasteiger partial charge in [0.25, 0.3) is 0 Å². The number of rotatable bonds is 4. The minimum Gasteiger partial charge on any atom is -0.480 e. The first-order valence-corrected chi connectivity index (χ1v) is 3.94. The lowest BCUT2D eigenvalue weighted by atomic mass is 9.92. The molecule has 5 nitrogen and oxygen atoms in total. The SMILES string of the molecule is CC(O)CNC1(C(=O)O)CNC1. The van der Waals surface area contributed by atoms with Crippen molar-refractivity contribution in [3.05, 3.63) is 0 Å². The van der Waals surface area contributed by atoms with E-state index in [9.17, 15) is 4.79 Å². The standard InChI is InChI=1S/C7H14N2O3/c1-5(10)2-9-7(6(11)12)3-8-4-7/h5,8-10H,2-4H2,1H3,(H,11,12). The number of aliphatic hydroxyl groups is 1. The summed E-state index contributed by atoms with van der Waals surface area (Å²) < 4.78 is 0. The molecule has 1 fully saturated rings. The Morgan fingerprint density at radius 1 is 1.75 bits per heavy atom. The molecule has 1 atom stereocenters. The van der Waals surface area contributed by atoms with Crippen molar-refractivity contribution in [1.29, 1.82) is 0 Å². The molecule has 0 aromatic heterocycles. The van der Waals surface area contributed by atoms with Gasteiger partial charge in [0.05, 0.1) is 6.10 Å². The van der Waals surface area contributed by atoms with Gasteiger partial charge in [-0.3, -0.25) is 10.1 Å². The highest BCUT2D eigenvalue weighted by molar-refractivity contribution is 5.81. The summed E-state index contributed by atoms with van der Waals surface area (Å²) in [6.45, 7) is 2.78. The van der Waals surface area contributed by atoms with Gasteiger partial charge in [0, 0.05) is 19.6 Å². The van der Waals surface area contributed by atoms with Gasteiger partial charge in [-0.2, -0.15) is 0 Å². The van der Waals surface area contributed by atoms with Gasteiger partial charge in [-0.25, -0.2) is 0 Å². The van der Waals surface area contributed by atoms with Gasteiger partial charge >= 0.3 is 5.97 Å². The van der Waals surface area contributed by atoms with Gasteiger partial charge in [0.15, 0.2) is 0 Å². The van der Waals surface area contributed by atoms with Gasteiger partial charge in [0.1, 0.15) is 5.54 Å². The monoisotopic (exact) mass is 174 g/mol. The Morgan fingerprint density at radius 3 is 2.58 bits per heavy atom. The second-order valence-electron chi connectivity index (χ2n) is 3.22. The van der Waals surface area contributed by atoms with Crippen LogP contribution >= 0.6 is 0 Å². The summed E-state index contributed by atoms with van der Waals surface area (Å²) in [5.41, 5.74) is -0.850. The van der Waals surface area contributed by atoms with Gasteiger partial charge < -0.3 is 15.5 Å². The second-order valence-corrected chi connectivity index (χ2v) is 3.22. The first kappa shape index (κ1) is 9.44. The smallest absolute Gasteiger partial charge is 0.326 e. The van der Waals surface area contributed by atoms with Crippen LogP contribution in [0.1, 0.15) is 6.92 Å². The highest BCUT2D eigenvalue weighted by Crippen LogP contribution is 2.10. The molecule has 0 spiro atoms. The molecular weight excluding hydrogens is 160 g/mol. The molecule has 1 aliphatic rings. The number of hydrogen-bond acceptors (Lipinski definition) is 4. The first-order valence-electron chi connectivity index (χ1n) is 3.94. The van der Waals surface area contributed by atoms with E-state index in [4.69, 9.17) is 10.2 Å². The predicted octanol–water partition coefficient (Wildman–Crippen LogP) is -1.62. The number of aliphatic carboxylic acids is 1. The van der Waals surface area contributed by atoms with Crippen molar-refractivity contribution >= 4 is 5.97 Å². The molecule has 0 aromatic rings. The number of β-amino-alcohol motifs (C(OH)–C–C–N with tert-alkyl or cyclic N) is 1. The van der Waals surface area contributed by atoms with Crippen molar-refractivity contribution in [1.82, 2.24) is 10.6 Å². The van der Waals surface area contributed by atoms with Crippen LogP contribution in [-0.2, 0) is 4.79 Å². The Labute approximate surface area is 70.8 Å². The molecule has 1 aliphatic heterocycles. The van der Waals surface area contributed by atoms with Crippen LogP contribution in [0.5, 0.6) is 0 Å². The molecule has 0 aromatic carbocycles. The minimum atomic E-state index is -0.859. The third-order valence-electron chi connectivity index (χ3n) is 2.00. The van der Waals surface area contributed by atoms with E-state index in [2.05, 4.69) is 10.6 Å². The average Bonchev–Trinajstić information content (AvgIpc) is 1.83. The van der Waals surface area contributed by atoms with Crippen molar-refractivity contribution in [2.75, 3.05) is 19.6 Å². The molecule has 0 radical (unpaired) electrons. The molecule has 1 rings (SSSR count). The van der Waals surface area contributed by atoms with Crippen LogP contribution in [-0.4, -0.2) is 47.5 Å². The molecule has 0 bridgehead atoms. The molecule has 1 heterocycles. The zero-order valence-electron chi connectivity index (χ0n) is 7.00. The average molecular weight is 174 g/mol. The van der Waals surface area contributed by atoms with E-state index in [0.29, 0.717) is 19.6 Å². The van der Waals surface area contributed by atoms with E-state index >= 15 is 0 Å². The quantitative estimate of drug-likeness (QED) is 0.412. The lowest BCUT2D eigenvalue weighted by Gasteiger charge is -2.39. The Hall–Kier alpha value is -0.650. The summed E-state index contributed by atoms with van der Waals surface area (Å²) >= 11 is 0. The van der Waals surface area contributed by atoms with Gasteiger partial charge in [-0.1, -0.05) is 0 Å². The number of carbonyl (C=O) groups is 1. The van der Waals surface area contributed by atoms with Crippen LogP contribution < -0.4 is 10.6 Å². The topological polar surface area (TPSA) is 81.6 Å². The zero-order valence-corrected chi connectivity index (χ0v) is 7.00. The highest BCUT2D eigenvalue weighted by atomic mass is 16.4. The van der Waals surface area contributed by atoms with E-state index in [1.807, 2.05) is 0 Å². The summed E-state index contributed by atoms with van der Waals surface area (Å²) in [6.07, 6.45) is -0.512. The molecule has 5 heteroatoms. The lowest BCUT2D eigenvalue weighted by Crippen LogP contribution is -2.72. The van der Waals surface area contributed by atoms with E-state index < -0.39 is 17.6 Å². The van der Waals surface area contributed by atoms with Crippen molar-refractivity contribution in [2.24, 2.45) is 0 Å². The molecule has 12 heavy (non-hydrogen) atoms. The number of carboxylic acid groups (broad SMARTS) is 1. The summed E-state index contributed by atoms with van der Waals surface area (Å²) in [5, 5.41) is 23.5. The molecule has 1 unspecified atom stereocenters. The first-order chi connectivity index (χ1) is 5.57. The van der Waals surface area contributed by atoms with Crippen LogP contribution in [0, 0.1) is 0 Å². The summed E-state index contributed by atoms with van der Waals surface area (Å²) in [4.78, 5) is 10.7. The molecule has 0 aliphatic carbocycles. The van der Waals surface area contributed by atoms with Gasteiger partial charge in [-0.05, 0) is 6.92 Å².